The highest BCUT2D eigenvalue weighted by molar-refractivity contribution is 5.94. The molecule has 2 aliphatic rings. The summed E-state index contributed by atoms with van der Waals surface area (Å²) in [5.74, 6) is 1.41. The van der Waals surface area contributed by atoms with Crippen molar-refractivity contribution < 1.29 is 15.7 Å². The van der Waals surface area contributed by atoms with Gasteiger partial charge in [-0.2, -0.15) is 5.21 Å². The summed E-state index contributed by atoms with van der Waals surface area (Å²) in [6.45, 7) is 1.00. The van der Waals surface area contributed by atoms with Gasteiger partial charge in [-0.3, -0.25) is 9.59 Å². The number of piperidine rings is 1. The molecule has 9 heteroatoms. The molecule has 0 unspecified atom stereocenters. The summed E-state index contributed by atoms with van der Waals surface area (Å²) in [5.41, 5.74) is 0.592. The van der Waals surface area contributed by atoms with Gasteiger partial charge in [0.2, 0.25) is 0 Å². The molecule has 0 radical (unpaired) electrons. The maximum Gasteiger partial charge on any atom is 0.323 e. The Bertz CT molecular complexity index is 928. The van der Waals surface area contributed by atoms with Gasteiger partial charge in [0.05, 0.1) is 7.92 Å². The first-order valence-corrected chi connectivity index (χ1v) is 11.4. The lowest BCUT2D eigenvalue weighted by Crippen LogP contribution is -2.50. The Morgan fingerprint density at radius 3 is 2.84 bits per heavy atom. The number of carbonyl (C=O) groups excluding carboxylic acids is 2. The van der Waals surface area contributed by atoms with Crippen molar-refractivity contribution in [3.63, 3.8) is 0 Å². The molecule has 1 aliphatic carbocycles. The van der Waals surface area contributed by atoms with Gasteiger partial charge in [-0.05, 0) is 62.1 Å². The van der Waals surface area contributed by atoms with Crippen molar-refractivity contribution in [2.45, 2.75) is 44.5 Å². The number of hydrogen-bond donors (Lipinski definition) is 2. The summed E-state index contributed by atoms with van der Waals surface area (Å²) in [6.07, 6.45) is 5.50. The number of aryl methyl sites for hydroxylation is 1. The molecule has 4 rings (SSSR count). The number of nitrogens with zero attached hydrogens (tertiary/aromatic N) is 4. The molecule has 0 spiro atoms. The van der Waals surface area contributed by atoms with Gasteiger partial charge in [0.25, 0.3) is 5.91 Å². The average molecular weight is 442 g/mol. The molecule has 1 saturated heterocycles. The van der Waals surface area contributed by atoms with Crippen LogP contribution in [0.2, 0.25) is 0 Å². The molecule has 4 atom stereocenters. The van der Waals surface area contributed by atoms with Crippen LogP contribution in [0.15, 0.2) is 30.3 Å². The molecular weight excluding hydrogens is 408 g/mol. The number of nitrogens with one attached hydrogen (secondary N) is 2. The van der Waals surface area contributed by atoms with E-state index in [2.05, 4.69) is 25.9 Å². The lowest BCUT2D eigenvalue weighted by atomic mass is 9.69. The Morgan fingerprint density at radius 1 is 1.22 bits per heavy atom. The smallest absolute Gasteiger partial charge is 0.323 e. The van der Waals surface area contributed by atoms with E-state index in [9.17, 15) is 9.59 Å². The molecule has 32 heavy (non-hydrogen) atoms. The zero-order valence-electron chi connectivity index (χ0n) is 19.5. The van der Waals surface area contributed by atoms with Gasteiger partial charge < -0.3 is 15.0 Å². The molecule has 1 aliphatic heterocycles. The minimum absolute atomic E-state index is 0.0671. The van der Waals surface area contributed by atoms with Crippen molar-refractivity contribution in [3.05, 3.63) is 41.7 Å². The Balaban J connectivity index is 1.24. The monoisotopic (exact) mass is 441 g/mol. The predicted molar refractivity (Wildman–Crippen MR) is 118 cm³/mol. The van der Waals surface area contributed by atoms with Gasteiger partial charge in [0.1, 0.15) is 12.6 Å². The van der Waals surface area contributed by atoms with Gasteiger partial charge in [0.15, 0.2) is 5.82 Å². The third kappa shape index (κ3) is 5.70. The van der Waals surface area contributed by atoms with E-state index in [-0.39, 0.29) is 19.1 Å². The van der Waals surface area contributed by atoms with Gasteiger partial charge in [-0.25, -0.2) is 0 Å². The fourth-order valence-electron chi connectivity index (χ4n) is 4.84. The second-order valence-electron chi connectivity index (χ2n) is 8.86. The van der Waals surface area contributed by atoms with Crippen LogP contribution in [0.5, 0.6) is 0 Å². The van der Waals surface area contributed by atoms with Crippen molar-refractivity contribution in [3.8, 4) is 0 Å². The van der Waals surface area contributed by atoms with Crippen LogP contribution in [0, 0.1) is 17.8 Å². The molecule has 2 heterocycles. The second kappa shape index (κ2) is 10.7. The summed E-state index contributed by atoms with van der Waals surface area (Å²) in [6, 6.07) is 7.56. The van der Waals surface area contributed by atoms with Crippen molar-refractivity contribution in [1.29, 1.82) is 0 Å². The van der Waals surface area contributed by atoms with Gasteiger partial charge in [-0.1, -0.05) is 29.8 Å². The van der Waals surface area contributed by atoms with E-state index in [1.54, 1.807) is 19.2 Å². The molecule has 1 saturated carbocycles. The van der Waals surface area contributed by atoms with E-state index in [1.807, 2.05) is 18.2 Å². The van der Waals surface area contributed by atoms with Crippen LogP contribution in [0.1, 0.15) is 49.7 Å². The number of hydrogen-bond acceptors (Lipinski definition) is 7. The summed E-state index contributed by atoms with van der Waals surface area (Å²) in [5, 5.41) is 17.3. The number of H-pyrrole nitrogens is 1. The van der Waals surface area contributed by atoms with E-state index in [0.717, 1.165) is 37.9 Å². The molecule has 172 valence electrons. The third-order valence-electron chi connectivity index (χ3n) is 6.73. The first-order chi connectivity index (χ1) is 15.9. The standard InChI is InChI=1S/C23H32N6O3/c1-29(22(30)17-5-3-2-4-6-17)11-12-32-23(31)20-14-19-13-16(7-9-18(19)15-24-20)8-10-21-25-27-28-26-21/h2-6,16,18-20,24H,7-15H2,1H3,(H,25,26,27,28)/t16-,18+,19-,20+/m1/s1/i20D. The average Bonchev–Trinajstić information content (AvgIpc) is 3.36. The number of carbonyl (C=O) groups is 2. The number of tetrazole rings is 1. The Morgan fingerprint density at radius 2 is 2.06 bits per heavy atom. The van der Waals surface area contributed by atoms with Crippen LogP contribution >= 0.6 is 0 Å². The van der Waals surface area contributed by atoms with Crippen LogP contribution in [0.4, 0.5) is 0 Å². The lowest BCUT2D eigenvalue weighted by Gasteiger charge is -2.42. The van der Waals surface area contributed by atoms with Crippen LogP contribution in [0.25, 0.3) is 0 Å². The van der Waals surface area contributed by atoms with Crippen LogP contribution in [-0.2, 0) is 16.0 Å². The zero-order valence-corrected chi connectivity index (χ0v) is 18.5. The number of aromatic amines is 1. The largest absolute Gasteiger partial charge is 0.463 e. The van der Waals surface area contributed by atoms with Gasteiger partial charge >= 0.3 is 5.97 Å². The van der Waals surface area contributed by atoms with Crippen molar-refractivity contribution in [2.24, 2.45) is 17.8 Å². The summed E-state index contributed by atoms with van der Waals surface area (Å²) in [7, 11) is 1.68. The number of aromatic nitrogens is 4. The van der Waals surface area contributed by atoms with E-state index >= 15 is 0 Å². The normalized spacial score (nSPS) is 27.8. The maximum absolute atomic E-state index is 12.8. The Hall–Kier alpha value is -2.81. The minimum Gasteiger partial charge on any atom is -0.463 e. The Labute approximate surface area is 189 Å². The topological polar surface area (TPSA) is 113 Å². The SMILES string of the molecule is [2H][C@@]1(C(=O)OCCN(C)C(=O)c2ccccc2)C[C@H]2C[C@@H](CCc3nn[nH]n3)CC[C@H]2CN1. The van der Waals surface area contributed by atoms with Gasteiger partial charge in [0, 0.05) is 19.0 Å². The quantitative estimate of drug-likeness (QED) is 0.601. The number of esters is 1. The highest BCUT2D eigenvalue weighted by Crippen LogP contribution is 2.40. The zero-order chi connectivity index (χ0) is 23.3. The number of benzene rings is 1. The lowest BCUT2D eigenvalue weighted by molar-refractivity contribution is -0.148. The summed E-state index contributed by atoms with van der Waals surface area (Å²) in [4.78, 5) is 26.7. The van der Waals surface area contributed by atoms with Crippen LogP contribution < -0.4 is 5.32 Å². The Kier molecular flexibility index (Phi) is 7.02. The number of rotatable bonds is 8. The molecule has 9 nitrogen and oxygen atoms in total. The molecule has 0 bridgehead atoms. The van der Waals surface area contributed by atoms with E-state index in [4.69, 9.17) is 6.11 Å². The van der Waals surface area contributed by atoms with Gasteiger partial charge in [-0.15, -0.1) is 10.2 Å². The highest BCUT2D eigenvalue weighted by Gasteiger charge is 2.38. The van der Waals surface area contributed by atoms with E-state index in [0.29, 0.717) is 36.3 Å². The molecule has 2 fully saturated rings. The number of likely N-dealkylation sites (N-methyl/N-ethyl adjacent to an activating group) is 1. The fraction of sp³-hybridized carbons (Fsp3) is 0.609. The summed E-state index contributed by atoms with van der Waals surface area (Å²) >= 11 is 0. The minimum atomic E-state index is -1.43. The third-order valence-corrected chi connectivity index (χ3v) is 6.73. The fourth-order valence-corrected chi connectivity index (χ4v) is 4.84. The molecule has 1 aromatic heterocycles. The number of ether oxygens (including phenoxy) is 1. The number of amides is 1. The van der Waals surface area contributed by atoms with Crippen molar-refractivity contribution in [2.75, 3.05) is 26.7 Å². The highest BCUT2D eigenvalue weighted by atomic mass is 16.5. The van der Waals surface area contributed by atoms with E-state index in [1.165, 1.54) is 4.90 Å². The second-order valence-corrected chi connectivity index (χ2v) is 8.86. The number of fused-ring (bicyclic) bond motifs is 1. The first kappa shape index (κ1) is 21.1. The van der Waals surface area contributed by atoms with Crippen molar-refractivity contribution in [1.82, 2.24) is 30.8 Å². The molecule has 2 N–H and O–H groups in total. The molecule has 1 amide bonds. The maximum atomic E-state index is 12.8. The summed E-state index contributed by atoms with van der Waals surface area (Å²) < 4.78 is 14.2. The van der Waals surface area contributed by atoms with Crippen molar-refractivity contribution >= 4 is 11.9 Å². The molecular formula is C23H32N6O3. The predicted octanol–water partition coefficient (Wildman–Crippen LogP) is 1.84. The van der Waals surface area contributed by atoms with E-state index < -0.39 is 12.0 Å². The molecule has 1 aromatic carbocycles. The van der Waals surface area contributed by atoms with Crippen LogP contribution in [-0.4, -0.2) is 70.2 Å². The van der Waals surface area contributed by atoms with Crippen LogP contribution in [0.3, 0.4) is 0 Å². The first-order valence-electron chi connectivity index (χ1n) is 11.9. The molecule has 2 aromatic rings.